The number of thioether (sulfide) groups is 1. The Morgan fingerprint density at radius 1 is 1.33 bits per heavy atom. The third-order valence-electron chi connectivity index (χ3n) is 1.86. The summed E-state index contributed by atoms with van der Waals surface area (Å²) < 4.78 is 2.76. The van der Waals surface area contributed by atoms with Crippen LogP contribution in [-0.4, -0.2) is 20.2 Å². The lowest BCUT2D eigenvalue weighted by molar-refractivity contribution is 0.664. The van der Waals surface area contributed by atoms with Crippen LogP contribution in [0.15, 0.2) is 33.9 Å². The summed E-state index contributed by atoms with van der Waals surface area (Å²) in [6.07, 6.45) is 0. The molecule has 0 N–H and O–H groups in total. The van der Waals surface area contributed by atoms with Gasteiger partial charge in [0.1, 0.15) is 0 Å². The predicted octanol–water partition coefficient (Wildman–Crippen LogP) is 2.26. The molecule has 2 rings (SSSR count). The topological polar surface area (TPSA) is 43.6 Å². The fourth-order valence-electron chi connectivity index (χ4n) is 1.07. The summed E-state index contributed by atoms with van der Waals surface area (Å²) >= 11 is 5.03. The molecule has 0 fully saturated rings. The van der Waals surface area contributed by atoms with Gasteiger partial charge in [-0.1, -0.05) is 39.8 Å². The Kier molecular flexibility index (Phi) is 3.37. The lowest BCUT2D eigenvalue weighted by Crippen LogP contribution is -1.93. The second-order valence-electron chi connectivity index (χ2n) is 3.00. The van der Waals surface area contributed by atoms with Gasteiger partial charge in [-0.3, -0.25) is 0 Å². The van der Waals surface area contributed by atoms with Crippen molar-refractivity contribution in [2.24, 2.45) is 7.05 Å². The van der Waals surface area contributed by atoms with E-state index >= 15 is 0 Å². The molecular weight excluding hydrogens is 276 g/mol. The van der Waals surface area contributed by atoms with Crippen molar-refractivity contribution in [2.45, 2.75) is 10.9 Å². The lowest BCUT2D eigenvalue weighted by Gasteiger charge is -2.00. The molecule has 0 radical (unpaired) electrons. The van der Waals surface area contributed by atoms with Gasteiger partial charge in [-0.05, 0) is 28.1 Å². The fourth-order valence-corrected chi connectivity index (χ4v) is 2.14. The van der Waals surface area contributed by atoms with Crippen molar-refractivity contribution >= 4 is 27.7 Å². The normalized spacial score (nSPS) is 10.5. The van der Waals surface area contributed by atoms with Crippen LogP contribution in [0.4, 0.5) is 0 Å². The highest BCUT2D eigenvalue weighted by molar-refractivity contribution is 9.10. The second kappa shape index (κ2) is 4.76. The van der Waals surface area contributed by atoms with Gasteiger partial charge in [-0.2, -0.15) is 0 Å². The molecule has 4 nitrogen and oxygen atoms in total. The Morgan fingerprint density at radius 2 is 2.07 bits per heavy atom. The van der Waals surface area contributed by atoms with Crippen LogP contribution in [0.25, 0.3) is 0 Å². The van der Waals surface area contributed by atoms with Crippen molar-refractivity contribution in [3.05, 3.63) is 34.3 Å². The van der Waals surface area contributed by atoms with Crippen LogP contribution in [0.1, 0.15) is 5.56 Å². The van der Waals surface area contributed by atoms with Crippen LogP contribution in [0.3, 0.4) is 0 Å². The number of benzene rings is 1. The summed E-state index contributed by atoms with van der Waals surface area (Å²) in [7, 11) is 1.84. The first kappa shape index (κ1) is 10.6. The molecule has 0 aliphatic rings. The molecule has 0 amide bonds. The minimum absolute atomic E-state index is 0.831. The fraction of sp³-hybridized carbons (Fsp3) is 0.222. The summed E-state index contributed by atoms with van der Waals surface area (Å²) in [5.41, 5.74) is 1.26. The molecule has 1 aromatic heterocycles. The highest BCUT2D eigenvalue weighted by Crippen LogP contribution is 2.20. The van der Waals surface area contributed by atoms with E-state index in [-0.39, 0.29) is 0 Å². The zero-order valence-electron chi connectivity index (χ0n) is 8.09. The molecule has 0 atom stereocenters. The van der Waals surface area contributed by atoms with Crippen LogP contribution in [-0.2, 0) is 12.8 Å². The second-order valence-corrected chi connectivity index (χ2v) is 4.86. The molecule has 0 aliphatic carbocycles. The van der Waals surface area contributed by atoms with Crippen molar-refractivity contribution in [3.8, 4) is 0 Å². The van der Waals surface area contributed by atoms with Gasteiger partial charge < -0.3 is 0 Å². The Morgan fingerprint density at radius 3 is 2.67 bits per heavy atom. The molecule has 1 aromatic carbocycles. The van der Waals surface area contributed by atoms with Gasteiger partial charge in [0, 0.05) is 17.3 Å². The van der Waals surface area contributed by atoms with Crippen LogP contribution < -0.4 is 0 Å². The Labute approximate surface area is 100 Å². The van der Waals surface area contributed by atoms with E-state index in [2.05, 4.69) is 43.6 Å². The maximum absolute atomic E-state index is 3.90. The molecule has 0 saturated heterocycles. The number of aryl methyl sites for hydroxylation is 1. The molecule has 0 spiro atoms. The summed E-state index contributed by atoms with van der Waals surface area (Å²) in [4.78, 5) is 0. The van der Waals surface area contributed by atoms with Crippen molar-refractivity contribution in [1.82, 2.24) is 20.2 Å². The van der Waals surface area contributed by atoms with Crippen LogP contribution in [0, 0.1) is 0 Å². The van der Waals surface area contributed by atoms with Crippen molar-refractivity contribution < 1.29 is 0 Å². The summed E-state index contributed by atoms with van der Waals surface area (Å²) in [5.74, 6) is 0.876. The molecule has 2 aromatic rings. The van der Waals surface area contributed by atoms with E-state index in [1.807, 2.05) is 19.2 Å². The zero-order chi connectivity index (χ0) is 10.7. The summed E-state index contributed by atoms with van der Waals surface area (Å²) in [5, 5.41) is 12.1. The molecular formula is C9H9BrN4S. The Balaban J connectivity index is 1.99. The molecule has 0 saturated carbocycles. The Bertz CT molecular complexity index is 440. The average molecular weight is 285 g/mol. The molecule has 0 aliphatic heterocycles. The highest BCUT2D eigenvalue weighted by atomic mass is 79.9. The minimum atomic E-state index is 0.831. The SMILES string of the molecule is Cn1nnnc1SCc1ccc(Br)cc1. The zero-order valence-corrected chi connectivity index (χ0v) is 10.5. The number of halogens is 1. The first-order valence-electron chi connectivity index (χ1n) is 4.35. The summed E-state index contributed by atoms with van der Waals surface area (Å²) in [6.45, 7) is 0. The van der Waals surface area contributed by atoms with Gasteiger partial charge in [-0.25, -0.2) is 4.68 Å². The number of aromatic nitrogens is 4. The van der Waals surface area contributed by atoms with Crippen molar-refractivity contribution in [3.63, 3.8) is 0 Å². The number of hydrogen-bond acceptors (Lipinski definition) is 4. The van der Waals surface area contributed by atoms with E-state index in [1.54, 1.807) is 16.4 Å². The van der Waals surface area contributed by atoms with Crippen molar-refractivity contribution in [1.29, 1.82) is 0 Å². The molecule has 15 heavy (non-hydrogen) atoms. The van der Waals surface area contributed by atoms with E-state index < -0.39 is 0 Å². The number of rotatable bonds is 3. The first-order valence-corrected chi connectivity index (χ1v) is 6.13. The van der Waals surface area contributed by atoms with E-state index in [4.69, 9.17) is 0 Å². The van der Waals surface area contributed by atoms with E-state index in [0.717, 1.165) is 15.4 Å². The molecule has 1 heterocycles. The molecule has 0 unspecified atom stereocenters. The van der Waals surface area contributed by atoms with E-state index in [9.17, 15) is 0 Å². The largest absolute Gasteiger partial charge is 0.224 e. The maximum atomic E-state index is 3.90. The lowest BCUT2D eigenvalue weighted by atomic mass is 10.2. The number of tetrazole rings is 1. The van der Waals surface area contributed by atoms with Gasteiger partial charge in [-0.15, -0.1) is 5.10 Å². The molecule has 0 bridgehead atoms. The van der Waals surface area contributed by atoms with Crippen molar-refractivity contribution in [2.75, 3.05) is 0 Å². The minimum Gasteiger partial charge on any atom is -0.224 e. The number of hydrogen-bond donors (Lipinski definition) is 0. The van der Waals surface area contributed by atoms with Gasteiger partial charge in [0.15, 0.2) is 0 Å². The van der Waals surface area contributed by atoms with Crippen LogP contribution >= 0.6 is 27.7 Å². The standard InChI is InChI=1S/C9H9BrN4S/c1-14-9(11-12-13-14)15-6-7-2-4-8(10)5-3-7/h2-5H,6H2,1H3. The van der Waals surface area contributed by atoms with E-state index in [0.29, 0.717) is 0 Å². The third kappa shape index (κ3) is 2.79. The van der Waals surface area contributed by atoms with Gasteiger partial charge >= 0.3 is 0 Å². The third-order valence-corrected chi connectivity index (χ3v) is 3.47. The van der Waals surface area contributed by atoms with Gasteiger partial charge in [0.25, 0.3) is 0 Å². The molecule has 78 valence electrons. The maximum Gasteiger partial charge on any atom is 0.209 e. The van der Waals surface area contributed by atoms with E-state index in [1.165, 1.54) is 5.56 Å². The van der Waals surface area contributed by atoms with Gasteiger partial charge in [0.2, 0.25) is 5.16 Å². The summed E-state index contributed by atoms with van der Waals surface area (Å²) in [6, 6.07) is 8.23. The highest BCUT2D eigenvalue weighted by Gasteiger charge is 2.02. The average Bonchev–Trinajstić information content (AvgIpc) is 2.63. The van der Waals surface area contributed by atoms with Crippen LogP contribution in [0.2, 0.25) is 0 Å². The quantitative estimate of drug-likeness (QED) is 0.811. The van der Waals surface area contributed by atoms with Crippen LogP contribution in [0.5, 0.6) is 0 Å². The number of nitrogens with zero attached hydrogens (tertiary/aromatic N) is 4. The monoisotopic (exact) mass is 284 g/mol. The smallest absolute Gasteiger partial charge is 0.209 e. The first-order chi connectivity index (χ1) is 7.25. The predicted molar refractivity (Wildman–Crippen MR) is 62.5 cm³/mol. The molecule has 6 heteroatoms. The van der Waals surface area contributed by atoms with Gasteiger partial charge in [0.05, 0.1) is 0 Å². The Hall–Kier alpha value is -0.880.